The maximum absolute atomic E-state index is 5.91. The van der Waals surface area contributed by atoms with E-state index >= 15 is 0 Å². The number of nitrogens with one attached hydrogen (secondary N) is 1. The van der Waals surface area contributed by atoms with E-state index in [0.29, 0.717) is 0 Å². The molecular formula is C14H11ClN2S. The molecule has 0 saturated heterocycles. The van der Waals surface area contributed by atoms with Gasteiger partial charge in [-0.1, -0.05) is 17.7 Å². The zero-order chi connectivity index (χ0) is 12.4. The lowest BCUT2D eigenvalue weighted by Crippen LogP contribution is -1.98. The van der Waals surface area contributed by atoms with Gasteiger partial charge in [-0.2, -0.15) is 0 Å². The Labute approximate surface area is 114 Å². The third-order valence-corrected chi connectivity index (χ3v) is 4.00. The van der Waals surface area contributed by atoms with Crippen LogP contribution in [0.2, 0.25) is 5.02 Å². The van der Waals surface area contributed by atoms with Crippen LogP contribution in [0.15, 0.2) is 48.0 Å². The summed E-state index contributed by atoms with van der Waals surface area (Å²) in [5.41, 5.74) is 2.11. The van der Waals surface area contributed by atoms with Crippen molar-refractivity contribution in [1.29, 1.82) is 0 Å². The molecule has 0 unspecified atom stereocenters. The molecule has 0 fully saturated rings. The van der Waals surface area contributed by atoms with E-state index in [-0.39, 0.29) is 0 Å². The maximum Gasteiger partial charge on any atom is 0.0722 e. The standard InChI is InChI=1S/C14H11ClN2S/c15-10-7-11(18-9-10)8-17-14-5-1-4-13-12(14)3-2-6-16-13/h1-7,9,17H,8H2. The van der Waals surface area contributed by atoms with E-state index < -0.39 is 0 Å². The van der Waals surface area contributed by atoms with Crippen LogP contribution >= 0.6 is 22.9 Å². The fourth-order valence-electron chi connectivity index (χ4n) is 1.89. The monoisotopic (exact) mass is 274 g/mol. The zero-order valence-corrected chi connectivity index (χ0v) is 11.1. The van der Waals surface area contributed by atoms with E-state index in [0.717, 1.165) is 28.2 Å². The molecule has 0 spiro atoms. The number of fused-ring (bicyclic) bond motifs is 1. The SMILES string of the molecule is Clc1csc(CNc2cccc3ncccc23)c1. The van der Waals surface area contributed by atoms with Crippen LogP contribution in [-0.2, 0) is 6.54 Å². The van der Waals surface area contributed by atoms with Crippen molar-refractivity contribution in [2.24, 2.45) is 0 Å². The Kier molecular flexibility index (Phi) is 3.17. The molecule has 2 heterocycles. The lowest BCUT2D eigenvalue weighted by Gasteiger charge is -2.08. The van der Waals surface area contributed by atoms with Crippen LogP contribution in [0.3, 0.4) is 0 Å². The third-order valence-electron chi connectivity index (χ3n) is 2.72. The molecule has 0 aliphatic rings. The predicted octanol–water partition coefficient (Wildman–Crippen LogP) is 4.56. The van der Waals surface area contributed by atoms with Gasteiger partial charge in [0.1, 0.15) is 0 Å². The Morgan fingerprint density at radius 1 is 1.22 bits per heavy atom. The number of rotatable bonds is 3. The summed E-state index contributed by atoms with van der Waals surface area (Å²) < 4.78 is 0. The largest absolute Gasteiger partial charge is 0.380 e. The van der Waals surface area contributed by atoms with E-state index in [9.17, 15) is 0 Å². The highest BCUT2D eigenvalue weighted by Gasteiger charge is 2.02. The van der Waals surface area contributed by atoms with Gasteiger partial charge in [-0.05, 0) is 30.3 Å². The quantitative estimate of drug-likeness (QED) is 0.757. The third kappa shape index (κ3) is 2.33. The smallest absolute Gasteiger partial charge is 0.0722 e. The van der Waals surface area contributed by atoms with Gasteiger partial charge < -0.3 is 5.32 Å². The van der Waals surface area contributed by atoms with Crippen LogP contribution in [0, 0.1) is 0 Å². The average Bonchev–Trinajstić information content (AvgIpc) is 2.82. The van der Waals surface area contributed by atoms with Crippen molar-refractivity contribution in [3.63, 3.8) is 0 Å². The zero-order valence-electron chi connectivity index (χ0n) is 9.56. The summed E-state index contributed by atoms with van der Waals surface area (Å²) in [5.74, 6) is 0. The predicted molar refractivity (Wildman–Crippen MR) is 78.4 cm³/mol. The fourth-order valence-corrected chi connectivity index (χ4v) is 2.90. The molecule has 0 amide bonds. The first-order valence-electron chi connectivity index (χ1n) is 5.63. The molecular weight excluding hydrogens is 264 g/mol. The van der Waals surface area contributed by atoms with Crippen LogP contribution in [0.25, 0.3) is 10.9 Å². The van der Waals surface area contributed by atoms with E-state index in [1.165, 1.54) is 4.88 Å². The normalized spacial score (nSPS) is 10.7. The number of halogens is 1. The van der Waals surface area contributed by atoms with Crippen LogP contribution in [0.5, 0.6) is 0 Å². The summed E-state index contributed by atoms with van der Waals surface area (Å²) in [7, 11) is 0. The summed E-state index contributed by atoms with van der Waals surface area (Å²) in [4.78, 5) is 5.57. The van der Waals surface area contributed by atoms with E-state index in [4.69, 9.17) is 11.6 Å². The van der Waals surface area contributed by atoms with Crippen LogP contribution in [0.1, 0.15) is 4.88 Å². The van der Waals surface area contributed by atoms with Gasteiger partial charge in [0.05, 0.1) is 10.5 Å². The van der Waals surface area contributed by atoms with Gasteiger partial charge in [-0.3, -0.25) is 4.98 Å². The van der Waals surface area contributed by atoms with Crippen LogP contribution in [0.4, 0.5) is 5.69 Å². The van der Waals surface area contributed by atoms with Gasteiger partial charge in [0.25, 0.3) is 0 Å². The van der Waals surface area contributed by atoms with Crippen molar-refractivity contribution in [2.75, 3.05) is 5.32 Å². The Hall–Kier alpha value is -1.58. The highest BCUT2D eigenvalue weighted by atomic mass is 35.5. The first-order valence-corrected chi connectivity index (χ1v) is 6.89. The minimum Gasteiger partial charge on any atom is -0.380 e. The molecule has 1 aromatic carbocycles. The Balaban J connectivity index is 1.86. The number of benzene rings is 1. The second-order valence-electron chi connectivity index (χ2n) is 3.96. The highest BCUT2D eigenvalue weighted by molar-refractivity contribution is 7.10. The van der Waals surface area contributed by atoms with E-state index in [1.54, 1.807) is 11.3 Å². The van der Waals surface area contributed by atoms with Crippen molar-refractivity contribution in [3.8, 4) is 0 Å². The van der Waals surface area contributed by atoms with Crippen molar-refractivity contribution in [3.05, 3.63) is 57.9 Å². The van der Waals surface area contributed by atoms with Gasteiger partial charge in [0, 0.05) is 34.1 Å². The Morgan fingerprint density at radius 3 is 3.00 bits per heavy atom. The second kappa shape index (κ2) is 4.96. The molecule has 0 radical (unpaired) electrons. The number of aromatic nitrogens is 1. The Morgan fingerprint density at radius 2 is 2.17 bits per heavy atom. The van der Waals surface area contributed by atoms with Crippen LogP contribution < -0.4 is 5.32 Å². The van der Waals surface area contributed by atoms with Crippen LogP contribution in [-0.4, -0.2) is 4.98 Å². The molecule has 3 rings (SSSR count). The minimum atomic E-state index is 0.783. The molecule has 0 aliphatic heterocycles. The lowest BCUT2D eigenvalue weighted by atomic mass is 10.2. The maximum atomic E-state index is 5.91. The number of anilines is 1. The summed E-state index contributed by atoms with van der Waals surface area (Å²) in [5, 5.41) is 7.32. The average molecular weight is 275 g/mol. The van der Waals surface area contributed by atoms with Gasteiger partial charge in [0.15, 0.2) is 0 Å². The minimum absolute atomic E-state index is 0.783. The molecule has 3 aromatic rings. The van der Waals surface area contributed by atoms with Crippen molar-refractivity contribution in [2.45, 2.75) is 6.54 Å². The van der Waals surface area contributed by atoms with E-state index in [2.05, 4.69) is 22.4 Å². The number of hydrogen-bond acceptors (Lipinski definition) is 3. The number of thiophene rings is 1. The molecule has 1 N–H and O–H groups in total. The fraction of sp³-hybridized carbons (Fsp3) is 0.0714. The van der Waals surface area contributed by atoms with Gasteiger partial charge >= 0.3 is 0 Å². The molecule has 4 heteroatoms. The summed E-state index contributed by atoms with van der Waals surface area (Å²) >= 11 is 7.57. The first-order chi connectivity index (χ1) is 8.83. The first kappa shape index (κ1) is 11.5. The van der Waals surface area contributed by atoms with E-state index in [1.807, 2.05) is 35.8 Å². The molecule has 0 bridgehead atoms. The summed E-state index contributed by atoms with van der Waals surface area (Å²) in [6.07, 6.45) is 1.81. The lowest BCUT2D eigenvalue weighted by molar-refractivity contribution is 1.20. The van der Waals surface area contributed by atoms with Gasteiger partial charge in [-0.25, -0.2) is 0 Å². The Bertz CT molecular complexity index is 673. The number of nitrogens with zero attached hydrogens (tertiary/aromatic N) is 1. The van der Waals surface area contributed by atoms with Gasteiger partial charge in [0.2, 0.25) is 0 Å². The molecule has 0 aliphatic carbocycles. The summed E-state index contributed by atoms with van der Waals surface area (Å²) in [6, 6.07) is 12.1. The van der Waals surface area contributed by atoms with Crippen molar-refractivity contribution >= 4 is 39.5 Å². The number of hydrogen-bond donors (Lipinski definition) is 1. The molecule has 2 nitrogen and oxygen atoms in total. The van der Waals surface area contributed by atoms with Crippen molar-refractivity contribution in [1.82, 2.24) is 4.98 Å². The second-order valence-corrected chi connectivity index (χ2v) is 5.39. The topological polar surface area (TPSA) is 24.9 Å². The van der Waals surface area contributed by atoms with Crippen molar-refractivity contribution < 1.29 is 0 Å². The highest BCUT2D eigenvalue weighted by Crippen LogP contribution is 2.24. The molecule has 0 saturated carbocycles. The summed E-state index contributed by atoms with van der Waals surface area (Å²) in [6.45, 7) is 0.783. The van der Waals surface area contributed by atoms with Gasteiger partial charge in [-0.15, -0.1) is 11.3 Å². The molecule has 2 aromatic heterocycles. The molecule has 0 atom stereocenters. The molecule has 18 heavy (non-hydrogen) atoms. The molecule has 90 valence electrons. The number of pyridine rings is 1.